The Labute approximate surface area is 77.6 Å². The van der Waals surface area contributed by atoms with E-state index < -0.39 is 0 Å². The van der Waals surface area contributed by atoms with Crippen LogP contribution in [-0.2, 0) is 7.05 Å². The van der Waals surface area contributed by atoms with Crippen LogP contribution in [0.15, 0.2) is 0 Å². The molecule has 2 atom stereocenters. The number of hydrogen-bond donors (Lipinski definition) is 1. The second-order valence-corrected chi connectivity index (χ2v) is 4.31. The predicted octanol–water partition coefficient (Wildman–Crippen LogP) is -3.02. The molecular weight excluding hydrogens is 252 g/mol. The minimum atomic E-state index is 1.14. The average molecular weight is 263 g/mol. The van der Waals surface area contributed by atoms with Crippen molar-refractivity contribution >= 4 is 48.4 Å². The molecule has 1 aromatic rings. The summed E-state index contributed by atoms with van der Waals surface area (Å²) >= 11 is 3.17. The Morgan fingerprint density at radius 2 is 2.10 bits per heavy atom. The van der Waals surface area contributed by atoms with Gasteiger partial charge in [-0.1, -0.05) is 0 Å². The van der Waals surface area contributed by atoms with Gasteiger partial charge in [-0.05, 0) is 0 Å². The van der Waals surface area contributed by atoms with Crippen LogP contribution in [0, 0.1) is 0 Å². The molecule has 2 unspecified atom stereocenters. The van der Waals surface area contributed by atoms with Crippen molar-refractivity contribution in [3.8, 4) is 0 Å². The molecule has 0 saturated carbocycles. The van der Waals surface area contributed by atoms with Gasteiger partial charge >= 0.3 is 77.5 Å². The fourth-order valence-electron chi connectivity index (χ4n) is 0.815. The molecule has 0 bridgehead atoms. The third kappa shape index (κ3) is 1.26. The van der Waals surface area contributed by atoms with Crippen LogP contribution in [0.2, 0.25) is 0 Å². The predicted molar refractivity (Wildman–Crippen MR) is 49.1 cm³/mol. The zero-order valence-corrected chi connectivity index (χ0v) is 10.9. The topological polar surface area (TPSA) is 29.9 Å². The van der Waals surface area contributed by atoms with Crippen molar-refractivity contribution < 1.29 is 0 Å². The number of nitrogens with zero attached hydrogens (tertiary/aromatic N) is 2. The standard InChI is InChI=1S/C5H11As2N3/c1-8-3-4(6)9-10(2)5(3)7/h8H,6-7H2,1-2H3. The number of aromatic nitrogens is 2. The molecule has 5 heteroatoms. The van der Waals surface area contributed by atoms with Gasteiger partial charge < -0.3 is 0 Å². The summed E-state index contributed by atoms with van der Waals surface area (Å²) < 4.78 is 4.31. The summed E-state index contributed by atoms with van der Waals surface area (Å²) in [5.41, 5.74) is 1.20. The monoisotopic (exact) mass is 263 g/mol. The van der Waals surface area contributed by atoms with Gasteiger partial charge in [-0.3, -0.25) is 0 Å². The zero-order valence-electron chi connectivity index (χ0n) is 6.05. The maximum atomic E-state index is 4.28. The summed E-state index contributed by atoms with van der Waals surface area (Å²) in [5, 5.41) is 7.41. The molecule has 3 nitrogen and oxygen atoms in total. The molecule has 10 heavy (non-hydrogen) atoms. The normalized spacial score (nSPS) is 10.0. The summed E-state index contributed by atoms with van der Waals surface area (Å²) in [4.78, 5) is 0. The SMILES string of the molecule is CNc1c([AsH2])nn(C)c1[AsH2]. The summed E-state index contributed by atoms with van der Waals surface area (Å²) in [7, 11) is 3.91. The Bertz CT molecular complexity index is 243. The van der Waals surface area contributed by atoms with Gasteiger partial charge in [0.2, 0.25) is 0 Å². The number of hydrogen-bond acceptors (Lipinski definition) is 2. The molecular formula is C5H11As2N3. The van der Waals surface area contributed by atoms with Crippen LogP contribution in [-0.4, -0.2) is 50.5 Å². The van der Waals surface area contributed by atoms with Gasteiger partial charge in [0.05, 0.1) is 0 Å². The molecule has 0 fully saturated rings. The first kappa shape index (κ1) is 8.23. The van der Waals surface area contributed by atoms with E-state index >= 15 is 0 Å². The molecule has 0 amide bonds. The fourth-order valence-corrected chi connectivity index (χ4v) is 3.26. The number of anilines is 1. The Morgan fingerprint density at radius 3 is 2.30 bits per heavy atom. The van der Waals surface area contributed by atoms with E-state index in [1.807, 2.05) is 18.8 Å². The van der Waals surface area contributed by atoms with Crippen LogP contribution in [0.25, 0.3) is 0 Å². The second-order valence-electron chi connectivity index (χ2n) is 2.02. The van der Waals surface area contributed by atoms with Crippen LogP contribution in [0.5, 0.6) is 0 Å². The Morgan fingerprint density at radius 1 is 1.50 bits per heavy atom. The van der Waals surface area contributed by atoms with E-state index in [1.165, 1.54) is 10.2 Å². The molecule has 0 saturated heterocycles. The van der Waals surface area contributed by atoms with Crippen molar-refractivity contribution in [2.24, 2.45) is 7.05 Å². The van der Waals surface area contributed by atoms with Crippen molar-refractivity contribution in [3.05, 3.63) is 0 Å². The molecule has 1 rings (SSSR count). The number of aryl methyl sites for hydroxylation is 1. The van der Waals surface area contributed by atoms with Crippen molar-refractivity contribution in [2.45, 2.75) is 0 Å². The van der Waals surface area contributed by atoms with Crippen LogP contribution < -0.4 is 14.3 Å². The molecule has 0 aliphatic heterocycles. The maximum absolute atomic E-state index is 4.28. The van der Waals surface area contributed by atoms with Gasteiger partial charge in [0.15, 0.2) is 0 Å². The van der Waals surface area contributed by atoms with Crippen LogP contribution in [0.1, 0.15) is 0 Å². The molecule has 0 aliphatic rings. The molecule has 0 aliphatic carbocycles. The van der Waals surface area contributed by atoms with Crippen LogP contribution in [0.4, 0.5) is 5.69 Å². The molecule has 0 aromatic carbocycles. The quantitative estimate of drug-likeness (QED) is 0.547. The van der Waals surface area contributed by atoms with E-state index in [-0.39, 0.29) is 0 Å². The minimum absolute atomic E-state index is 1.14. The molecule has 1 heterocycles. The van der Waals surface area contributed by atoms with Gasteiger partial charge in [-0.2, -0.15) is 0 Å². The molecule has 0 spiro atoms. The van der Waals surface area contributed by atoms with E-state index in [0.717, 1.165) is 4.48 Å². The van der Waals surface area contributed by atoms with E-state index in [0.29, 0.717) is 0 Å². The van der Waals surface area contributed by atoms with Crippen LogP contribution >= 0.6 is 0 Å². The fraction of sp³-hybridized carbons (Fsp3) is 0.400. The first-order chi connectivity index (χ1) is 4.66. The second kappa shape index (κ2) is 3.02. The van der Waals surface area contributed by atoms with Crippen molar-refractivity contribution in [1.82, 2.24) is 9.78 Å². The number of rotatable bonds is 1. The summed E-state index contributed by atoms with van der Waals surface area (Å²) in [6.07, 6.45) is 0. The van der Waals surface area contributed by atoms with Gasteiger partial charge in [0.25, 0.3) is 0 Å². The van der Waals surface area contributed by atoms with Gasteiger partial charge in [0.1, 0.15) is 0 Å². The zero-order chi connectivity index (χ0) is 7.72. The van der Waals surface area contributed by atoms with Crippen molar-refractivity contribution in [1.29, 1.82) is 0 Å². The Hall–Kier alpha value is 0.127. The van der Waals surface area contributed by atoms with Gasteiger partial charge in [-0.25, -0.2) is 0 Å². The molecule has 1 aromatic heterocycles. The van der Waals surface area contributed by atoms with Gasteiger partial charge in [0, 0.05) is 0 Å². The summed E-state index contributed by atoms with van der Waals surface area (Å²) in [6.45, 7) is 0. The van der Waals surface area contributed by atoms with E-state index in [1.54, 1.807) is 33.7 Å². The molecule has 1 N–H and O–H groups in total. The Balaban J connectivity index is 3.20. The van der Waals surface area contributed by atoms with Crippen molar-refractivity contribution in [3.63, 3.8) is 0 Å². The van der Waals surface area contributed by atoms with Crippen LogP contribution in [0.3, 0.4) is 0 Å². The third-order valence-electron chi connectivity index (χ3n) is 1.37. The van der Waals surface area contributed by atoms with E-state index in [4.69, 9.17) is 0 Å². The third-order valence-corrected chi connectivity index (χ3v) is 3.61. The summed E-state index contributed by atoms with van der Waals surface area (Å²) in [6, 6.07) is 0. The molecule has 56 valence electrons. The first-order valence-corrected chi connectivity index (χ1v) is 5.34. The van der Waals surface area contributed by atoms with E-state index in [2.05, 4.69) is 10.4 Å². The first-order valence-electron chi connectivity index (χ1n) is 2.92. The Kier molecular flexibility index (Phi) is 2.48. The number of nitrogens with one attached hydrogen (secondary N) is 1. The summed E-state index contributed by atoms with van der Waals surface area (Å²) in [5.74, 6) is 0. The molecule has 0 radical (unpaired) electrons. The van der Waals surface area contributed by atoms with Gasteiger partial charge in [-0.15, -0.1) is 0 Å². The van der Waals surface area contributed by atoms with Crippen molar-refractivity contribution in [2.75, 3.05) is 12.4 Å². The van der Waals surface area contributed by atoms with E-state index in [9.17, 15) is 0 Å². The average Bonchev–Trinajstić information content (AvgIpc) is 2.09.